The predicted octanol–water partition coefficient (Wildman–Crippen LogP) is 1.16. The summed E-state index contributed by atoms with van der Waals surface area (Å²) in [6, 6.07) is 15.1. The summed E-state index contributed by atoms with van der Waals surface area (Å²) in [7, 11) is 0. The van der Waals surface area contributed by atoms with Gasteiger partial charge in [0.1, 0.15) is 6.04 Å². The molecular formula is C23H23N3O5. The summed E-state index contributed by atoms with van der Waals surface area (Å²) >= 11 is 0. The summed E-state index contributed by atoms with van der Waals surface area (Å²) in [5, 5.41) is 14.6. The van der Waals surface area contributed by atoms with Crippen LogP contribution >= 0.6 is 0 Å². The van der Waals surface area contributed by atoms with Crippen molar-refractivity contribution in [2.75, 3.05) is 11.9 Å². The van der Waals surface area contributed by atoms with Gasteiger partial charge in [-0.25, -0.2) is 0 Å². The van der Waals surface area contributed by atoms with Crippen LogP contribution in [0.1, 0.15) is 17.5 Å². The Kier molecular flexibility index (Phi) is 7.29. The molecule has 3 rings (SSSR count). The lowest BCUT2D eigenvalue weighted by molar-refractivity contribution is -0.137. The smallest absolute Gasteiger partial charge is 0.253 e. The second-order valence-electron chi connectivity index (χ2n) is 7.07. The molecule has 1 heterocycles. The van der Waals surface area contributed by atoms with Gasteiger partial charge in [0.2, 0.25) is 11.8 Å². The Labute approximate surface area is 179 Å². The van der Waals surface area contributed by atoms with E-state index in [-0.39, 0.29) is 26.0 Å². The molecule has 1 aliphatic rings. The Bertz CT molecular complexity index is 968. The molecule has 2 aromatic carbocycles. The van der Waals surface area contributed by atoms with E-state index in [2.05, 4.69) is 10.6 Å². The topological polar surface area (TPSA) is 116 Å². The number of aliphatic hydroxyl groups excluding tert-OH is 1. The first-order chi connectivity index (χ1) is 15.0. The first-order valence-electron chi connectivity index (χ1n) is 9.84. The summed E-state index contributed by atoms with van der Waals surface area (Å²) in [5.41, 5.74) is 2.12. The molecule has 0 aliphatic carbocycles. The minimum atomic E-state index is -0.851. The van der Waals surface area contributed by atoms with Gasteiger partial charge >= 0.3 is 0 Å². The van der Waals surface area contributed by atoms with Crippen LogP contribution in [0, 0.1) is 0 Å². The van der Waals surface area contributed by atoms with E-state index in [9.17, 15) is 19.2 Å². The quantitative estimate of drug-likeness (QED) is 0.526. The molecule has 1 aliphatic heterocycles. The summed E-state index contributed by atoms with van der Waals surface area (Å²) < 4.78 is 0. The van der Waals surface area contributed by atoms with Crippen LogP contribution in [-0.2, 0) is 32.2 Å². The van der Waals surface area contributed by atoms with Crippen LogP contribution in [-0.4, -0.2) is 46.2 Å². The number of carbonyl (C=O) groups excluding carboxylic acids is 4. The number of anilines is 1. The molecule has 0 radical (unpaired) electrons. The second kappa shape index (κ2) is 10.3. The molecule has 0 spiro atoms. The molecule has 0 saturated carbocycles. The van der Waals surface area contributed by atoms with E-state index in [1.54, 1.807) is 24.3 Å². The highest BCUT2D eigenvalue weighted by molar-refractivity contribution is 6.13. The number of nitrogens with zero attached hydrogens (tertiary/aromatic N) is 1. The molecule has 0 saturated heterocycles. The highest BCUT2D eigenvalue weighted by Gasteiger charge is 2.25. The van der Waals surface area contributed by atoms with Crippen LogP contribution in [0.15, 0.2) is 66.7 Å². The van der Waals surface area contributed by atoms with Gasteiger partial charge in [-0.15, -0.1) is 0 Å². The van der Waals surface area contributed by atoms with Gasteiger partial charge in [0.05, 0.1) is 6.61 Å². The number of carbonyl (C=O) groups is 4. The molecule has 0 unspecified atom stereocenters. The molecule has 2 aromatic rings. The lowest BCUT2D eigenvalue weighted by Crippen LogP contribution is -2.46. The highest BCUT2D eigenvalue weighted by Crippen LogP contribution is 2.12. The third kappa shape index (κ3) is 6.10. The maximum absolute atomic E-state index is 12.9. The molecule has 0 fully saturated rings. The number of benzene rings is 2. The number of hydrogen-bond donors (Lipinski definition) is 3. The summed E-state index contributed by atoms with van der Waals surface area (Å²) in [6.07, 6.45) is 2.49. The predicted molar refractivity (Wildman–Crippen MR) is 114 cm³/mol. The van der Waals surface area contributed by atoms with Crippen molar-refractivity contribution in [3.63, 3.8) is 0 Å². The highest BCUT2D eigenvalue weighted by atomic mass is 16.3. The molecule has 31 heavy (non-hydrogen) atoms. The number of amides is 4. The average Bonchev–Trinajstić information content (AvgIpc) is 3.10. The number of imide groups is 1. The number of hydrogen-bond acceptors (Lipinski definition) is 5. The number of aliphatic hydroxyl groups is 1. The average molecular weight is 421 g/mol. The van der Waals surface area contributed by atoms with Gasteiger partial charge in [-0.2, -0.15) is 0 Å². The van der Waals surface area contributed by atoms with Gasteiger partial charge in [0, 0.05) is 37.2 Å². The summed E-state index contributed by atoms with van der Waals surface area (Å²) in [6.45, 7) is -0.155. The van der Waals surface area contributed by atoms with Crippen molar-refractivity contribution in [1.82, 2.24) is 10.2 Å². The normalized spacial score (nSPS) is 13.9. The van der Waals surface area contributed by atoms with Gasteiger partial charge in [0.25, 0.3) is 11.8 Å². The van der Waals surface area contributed by atoms with Crippen molar-refractivity contribution < 1.29 is 24.3 Å². The first-order valence-corrected chi connectivity index (χ1v) is 9.84. The van der Waals surface area contributed by atoms with Crippen molar-refractivity contribution in [3.05, 3.63) is 77.9 Å². The Morgan fingerprint density at radius 1 is 0.903 bits per heavy atom. The van der Waals surface area contributed by atoms with E-state index < -0.39 is 29.7 Å². The van der Waals surface area contributed by atoms with Crippen molar-refractivity contribution in [1.29, 1.82) is 0 Å². The maximum atomic E-state index is 12.9. The Balaban J connectivity index is 1.64. The van der Waals surface area contributed by atoms with Crippen LogP contribution < -0.4 is 10.6 Å². The van der Waals surface area contributed by atoms with Crippen molar-refractivity contribution in [3.8, 4) is 0 Å². The zero-order valence-corrected chi connectivity index (χ0v) is 16.8. The van der Waals surface area contributed by atoms with Gasteiger partial charge in [0.15, 0.2) is 0 Å². The van der Waals surface area contributed by atoms with Crippen molar-refractivity contribution >= 4 is 29.3 Å². The van der Waals surface area contributed by atoms with E-state index in [0.29, 0.717) is 11.3 Å². The zero-order valence-electron chi connectivity index (χ0n) is 16.8. The fraction of sp³-hybridized carbons (Fsp3) is 0.217. The fourth-order valence-corrected chi connectivity index (χ4v) is 3.11. The molecule has 0 bridgehead atoms. The largest absolute Gasteiger partial charge is 0.392 e. The van der Waals surface area contributed by atoms with Crippen LogP contribution in [0.2, 0.25) is 0 Å². The van der Waals surface area contributed by atoms with E-state index in [1.165, 1.54) is 0 Å². The summed E-state index contributed by atoms with van der Waals surface area (Å²) in [5.74, 6) is -1.76. The molecule has 8 nitrogen and oxygen atoms in total. The van der Waals surface area contributed by atoms with Crippen LogP contribution in [0.4, 0.5) is 5.69 Å². The molecule has 4 amide bonds. The van der Waals surface area contributed by atoms with Crippen molar-refractivity contribution in [2.45, 2.75) is 25.5 Å². The number of rotatable bonds is 9. The van der Waals surface area contributed by atoms with Crippen molar-refractivity contribution in [2.24, 2.45) is 0 Å². The second-order valence-corrected chi connectivity index (χ2v) is 7.07. The molecule has 0 aromatic heterocycles. The maximum Gasteiger partial charge on any atom is 0.253 e. The first kappa shape index (κ1) is 21.9. The lowest BCUT2D eigenvalue weighted by Gasteiger charge is -2.20. The molecule has 160 valence electrons. The summed E-state index contributed by atoms with van der Waals surface area (Å²) in [4.78, 5) is 49.6. The van der Waals surface area contributed by atoms with Crippen LogP contribution in [0.25, 0.3) is 0 Å². The molecule has 3 N–H and O–H groups in total. The lowest BCUT2D eigenvalue weighted by atomic mass is 10.0. The monoisotopic (exact) mass is 421 g/mol. The van der Waals surface area contributed by atoms with Gasteiger partial charge in [-0.1, -0.05) is 42.5 Å². The third-order valence-electron chi connectivity index (χ3n) is 4.80. The van der Waals surface area contributed by atoms with Crippen LogP contribution in [0.3, 0.4) is 0 Å². The van der Waals surface area contributed by atoms with Gasteiger partial charge < -0.3 is 15.7 Å². The SMILES string of the molecule is O=C(CCN1C(=O)C=CC1=O)N[C@@H](Cc1ccccc1)C(=O)Nc1ccc(CO)cc1. The molecule has 8 heteroatoms. The van der Waals surface area contributed by atoms with E-state index in [1.807, 2.05) is 30.3 Å². The van der Waals surface area contributed by atoms with E-state index in [4.69, 9.17) is 5.11 Å². The van der Waals surface area contributed by atoms with E-state index >= 15 is 0 Å². The standard InChI is InChI=1S/C23H23N3O5/c27-15-17-6-8-18(9-7-17)24-23(31)19(14-16-4-2-1-3-5-16)25-20(28)12-13-26-21(29)10-11-22(26)30/h1-11,19,27H,12-15H2,(H,24,31)(H,25,28)/t19-/m0/s1. The number of nitrogens with one attached hydrogen (secondary N) is 2. The van der Waals surface area contributed by atoms with Gasteiger partial charge in [-0.3, -0.25) is 24.1 Å². The van der Waals surface area contributed by atoms with E-state index in [0.717, 1.165) is 22.6 Å². The third-order valence-corrected chi connectivity index (χ3v) is 4.80. The Morgan fingerprint density at radius 2 is 1.55 bits per heavy atom. The van der Waals surface area contributed by atoms with Crippen LogP contribution in [0.5, 0.6) is 0 Å². The fourth-order valence-electron chi connectivity index (χ4n) is 3.11. The minimum absolute atomic E-state index is 0.0567. The molecular weight excluding hydrogens is 398 g/mol. The Morgan fingerprint density at radius 3 is 2.16 bits per heavy atom. The molecule has 1 atom stereocenters. The van der Waals surface area contributed by atoms with Gasteiger partial charge in [-0.05, 0) is 23.3 Å². The Hall–Kier alpha value is -3.78. The minimum Gasteiger partial charge on any atom is -0.392 e. The zero-order chi connectivity index (χ0) is 22.2.